The van der Waals surface area contributed by atoms with E-state index in [9.17, 15) is 13.5 Å². The molecule has 0 unspecified atom stereocenters. The maximum Gasteiger partial charge on any atom is 0.257 e. The van der Waals surface area contributed by atoms with Gasteiger partial charge in [0.2, 0.25) is 0 Å². The van der Waals surface area contributed by atoms with Gasteiger partial charge in [-0.05, 0) is 37.7 Å². The van der Waals surface area contributed by atoms with Crippen molar-refractivity contribution in [1.82, 2.24) is 14.9 Å². The van der Waals surface area contributed by atoms with Crippen molar-refractivity contribution in [2.75, 3.05) is 6.54 Å². The number of H-pyrrole nitrogens is 1. The van der Waals surface area contributed by atoms with E-state index in [1.165, 1.54) is 12.3 Å². The highest BCUT2D eigenvalue weighted by Crippen LogP contribution is 2.33. The molecule has 3 N–H and O–H groups in total. The smallest absolute Gasteiger partial charge is 0.257 e. The van der Waals surface area contributed by atoms with E-state index in [2.05, 4.69) is 21.8 Å². The van der Waals surface area contributed by atoms with Crippen LogP contribution in [0.3, 0.4) is 0 Å². The van der Waals surface area contributed by atoms with Gasteiger partial charge >= 0.3 is 0 Å². The van der Waals surface area contributed by atoms with E-state index in [1.54, 1.807) is 0 Å². The molecular formula is C12H21N3O3S. The number of rotatable bonds is 5. The molecule has 6 nitrogen and oxygen atoms in total. The number of aromatic amines is 1. The summed E-state index contributed by atoms with van der Waals surface area (Å²) in [6.07, 6.45) is 5.72. The van der Waals surface area contributed by atoms with Crippen LogP contribution in [0.15, 0.2) is 17.3 Å². The summed E-state index contributed by atoms with van der Waals surface area (Å²) < 4.78 is 26.3. The van der Waals surface area contributed by atoms with Gasteiger partial charge in [-0.25, -0.2) is 13.1 Å². The van der Waals surface area contributed by atoms with Crippen LogP contribution in [0.4, 0.5) is 0 Å². The fraction of sp³-hybridized carbons (Fsp3) is 0.750. The minimum atomic E-state index is -3.60. The minimum Gasteiger partial charge on any atom is -0.389 e. The van der Waals surface area contributed by atoms with E-state index in [0.717, 1.165) is 19.3 Å². The number of nitrogens with one attached hydrogen (secondary N) is 2. The first kappa shape index (κ1) is 14.5. The number of sulfonamides is 1. The van der Waals surface area contributed by atoms with Gasteiger partial charge < -0.3 is 5.11 Å². The van der Waals surface area contributed by atoms with Gasteiger partial charge in [0.25, 0.3) is 10.0 Å². The van der Waals surface area contributed by atoms with Gasteiger partial charge in [0.05, 0.1) is 11.8 Å². The number of hydrogen-bond donors (Lipinski definition) is 3. The Morgan fingerprint density at radius 2 is 2.21 bits per heavy atom. The zero-order valence-corrected chi connectivity index (χ0v) is 11.9. The average Bonchev–Trinajstić information content (AvgIpc) is 2.93. The van der Waals surface area contributed by atoms with Crippen LogP contribution in [0, 0.1) is 5.92 Å². The fourth-order valence-corrected chi connectivity index (χ4v) is 3.53. The Kier molecular flexibility index (Phi) is 4.27. The molecule has 1 fully saturated rings. The Bertz CT molecular complexity index is 490. The van der Waals surface area contributed by atoms with E-state index in [0.29, 0.717) is 18.8 Å². The van der Waals surface area contributed by atoms with E-state index >= 15 is 0 Å². The Labute approximate surface area is 113 Å². The van der Waals surface area contributed by atoms with Crippen LogP contribution < -0.4 is 4.72 Å². The Hall–Kier alpha value is -0.920. The molecule has 1 aliphatic carbocycles. The normalized spacial score (nSPS) is 28.4. The topological polar surface area (TPSA) is 95.1 Å². The zero-order chi connectivity index (χ0) is 13.9. The quantitative estimate of drug-likeness (QED) is 0.753. The van der Waals surface area contributed by atoms with Gasteiger partial charge in [0, 0.05) is 6.54 Å². The molecule has 0 spiro atoms. The predicted octanol–water partition coefficient (Wildman–Crippen LogP) is 1.02. The molecule has 0 saturated heterocycles. The molecule has 1 saturated carbocycles. The molecule has 108 valence electrons. The van der Waals surface area contributed by atoms with Crippen LogP contribution in [0.2, 0.25) is 0 Å². The van der Waals surface area contributed by atoms with Crippen molar-refractivity contribution in [3.8, 4) is 0 Å². The highest BCUT2D eigenvalue weighted by molar-refractivity contribution is 7.89. The van der Waals surface area contributed by atoms with Crippen LogP contribution in [0.25, 0.3) is 0 Å². The average molecular weight is 287 g/mol. The maximum absolute atomic E-state index is 11.9. The summed E-state index contributed by atoms with van der Waals surface area (Å²) >= 11 is 0. The minimum absolute atomic E-state index is 0.0262. The summed E-state index contributed by atoms with van der Waals surface area (Å²) in [5, 5.41) is 16.4. The lowest BCUT2D eigenvalue weighted by Gasteiger charge is -2.35. The second kappa shape index (κ2) is 5.60. The van der Waals surface area contributed by atoms with Gasteiger partial charge in [0.1, 0.15) is 0 Å². The molecule has 0 bridgehead atoms. The number of hydrogen-bond acceptors (Lipinski definition) is 4. The van der Waals surface area contributed by atoms with Crippen molar-refractivity contribution in [3.63, 3.8) is 0 Å². The summed E-state index contributed by atoms with van der Waals surface area (Å²) in [7, 11) is -3.60. The summed E-state index contributed by atoms with van der Waals surface area (Å²) in [5.74, 6) is 0.657. The Morgan fingerprint density at radius 3 is 2.74 bits per heavy atom. The number of aliphatic hydroxyl groups is 1. The van der Waals surface area contributed by atoms with E-state index in [-0.39, 0.29) is 11.6 Å². The zero-order valence-electron chi connectivity index (χ0n) is 11.1. The first-order chi connectivity index (χ1) is 8.95. The third kappa shape index (κ3) is 3.55. The fourth-order valence-electron chi connectivity index (χ4n) is 2.50. The molecule has 0 aliphatic heterocycles. The third-order valence-electron chi connectivity index (χ3n) is 3.97. The molecule has 1 aliphatic rings. The lowest BCUT2D eigenvalue weighted by molar-refractivity contribution is -0.00443. The summed E-state index contributed by atoms with van der Waals surface area (Å²) in [6.45, 7) is 2.21. The molecule has 0 aromatic carbocycles. The van der Waals surface area contributed by atoms with Crippen LogP contribution in [0.1, 0.15) is 39.0 Å². The molecule has 0 radical (unpaired) electrons. The lowest BCUT2D eigenvalue weighted by atomic mass is 9.78. The largest absolute Gasteiger partial charge is 0.389 e. The molecular weight excluding hydrogens is 266 g/mol. The molecule has 1 heterocycles. The monoisotopic (exact) mass is 287 g/mol. The molecule has 1 aromatic heterocycles. The van der Waals surface area contributed by atoms with Crippen molar-refractivity contribution >= 4 is 10.0 Å². The van der Waals surface area contributed by atoms with Crippen molar-refractivity contribution in [2.45, 2.75) is 49.7 Å². The van der Waals surface area contributed by atoms with Crippen molar-refractivity contribution < 1.29 is 13.5 Å². The summed E-state index contributed by atoms with van der Waals surface area (Å²) in [6, 6.07) is 1.39. The van der Waals surface area contributed by atoms with Crippen LogP contribution in [-0.4, -0.2) is 35.9 Å². The van der Waals surface area contributed by atoms with Crippen molar-refractivity contribution in [3.05, 3.63) is 12.3 Å². The Morgan fingerprint density at radius 1 is 1.53 bits per heavy atom. The van der Waals surface area contributed by atoms with E-state index in [4.69, 9.17) is 0 Å². The summed E-state index contributed by atoms with van der Waals surface area (Å²) in [4.78, 5) is 0. The van der Waals surface area contributed by atoms with E-state index < -0.39 is 15.6 Å². The van der Waals surface area contributed by atoms with Gasteiger partial charge in [-0.1, -0.05) is 13.3 Å². The molecule has 0 amide bonds. The third-order valence-corrected chi connectivity index (χ3v) is 5.30. The van der Waals surface area contributed by atoms with Crippen LogP contribution >= 0.6 is 0 Å². The van der Waals surface area contributed by atoms with Gasteiger partial charge in [-0.3, -0.25) is 5.10 Å². The molecule has 19 heavy (non-hydrogen) atoms. The van der Waals surface area contributed by atoms with Crippen molar-refractivity contribution in [1.29, 1.82) is 0 Å². The summed E-state index contributed by atoms with van der Waals surface area (Å²) in [5.41, 5.74) is -0.918. The lowest BCUT2D eigenvalue weighted by Crippen LogP contribution is -2.45. The maximum atomic E-state index is 11.9. The molecule has 7 heteroatoms. The molecule has 0 atom stereocenters. The predicted molar refractivity (Wildman–Crippen MR) is 71.0 cm³/mol. The first-order valence-corrected chi connectivity index (χ1v) is 8.15. The van der Waals surface area contributed by atoms with Gasteiger partial charge in [-0.2, -0.15) is 5.10 Å². The standard InChI is InChI=1S/C12H21N3O3S/c1-2-10-3-6-12(16,7-4-10)9-14-19(17,18)11-5-8-13-15-11/h5,8,10,14,16H,2-4,6-7,9H2,1H3,(H,13,15). The second-order valence-electron chi connectivity index (χ2n) is 5.32. The van der Waals surface area contributed by atoms with Crippen LogP contribution in [-0.2, 0) is 10.0 Å². The first-order valence-electron chi connectivity index (χ1n) is 6.67. The number of nitrogens with zero attached hydrogens (tertiary/aromatic N) is 1. The highest BCUT2D eigenvalue weighted by atomic mass is 32.2. The highest BCUT2D eigenvalue weighted by Gasteiger charge is 2.34. The van der Waals surface area contributed by atoms with Crippen molar-refractivity contribution in [2.24, 2.45) is 5.92 Å². The van der Waals surface area contributed by atoms with Gasteiger partial charge in [0.15, 0.2) is 5.03 Å². The SMILES string of the molecule is CCC1CCC(O)(CNS(=O)(=O)c2ccn[nH]2)CC1. The number of aromatic nitrogens is 2. The van der Waals surface area contributed by atoms with Gasteiger partial charge in [-0.15, -0.1) is 0 Å². The Balaban J connectivity index is 1.92. The molecule has 1 aromatic rings. The second-order valence-corrected chi connectivity index (χ2v) is 7.06. The van der Waals surface area contributed by atoms with Crippen LogP contribution in [0.5, 0.6) is 0 Å². The van der Waals surface area contributed by atoms with E-state index in [1.807, 2.05) is 0 Å². The molecule has 2 rings (SSSR count).